The van der Waals surface area contributed by atoms with Crippen LogP contribution < -0.4 is 0 Å². The highest BCUT2D eigenvalue weighted by atomic mass is 16.7. The first-order valence-electron chi connectivity index (χ1n) is 4.60. The minimum absolute atomic E-state index is 0.162. The number of ketones is 1. The van der Waals surface area contributed by atoms with E-state index in [1.807, 2.05) is 6.92 Å². The largest absolute Gasteiger partial charge is 0.362 e. The van der Waals surface area contributed by atoms with Gasteiger partial charge < -0.3 is 14.2 Å². The number of carbonyl (C=O) groups is 1. The maximum absolute atomic E-state index is 11.0. The number of Topliss-reactive ketones (excluding diaryl/α,β-unsaturated/α-hetero) is 1. The molecule has 0 aliphatic carbocycles. The SMILES string of the molecule is CC1(C2OCCO2)CCC(=O)CO1. The number of hydrogen-bond donors (Lipinski definition) is 0. The molecule has 2 saturated heterocycles. The molecule has 2 heterocycles. The van der Waals surface area contributed by atoms with Crippen LogP contribution in [0.25, 0.3) is 0 Å². The quantitative estimate of drug-likeness (QED) is 0.598. The number of carbonyl (C=O) groups excluding carboxylic acids is 1. The summed E-state index contributed by atoms with van der Waals surface area (Å²) in [6, 6.07) is 0. The van der Waals surface area contributed by atoms with E-state index >= 15 is 0 Å². The summed E-state index contributed by atoms with van der Waals surface area (Å²) in [5, 5.41) is 0. The number of hydrogen-bond acceptors (Lipinski definition) is 4. The van der Waals surface area contributed by atoms with E-state index in [0.29, 0.717) is 26.1 Å². The molecule has 74 valence electrons. The molecule has 1 unspecified atom stereocenters. The predicted octanol–water partition coefficient (Wildman–Crippen LogP) is 0.497. The standard InChI is InChI=1S/C9H14O4/c1-9(8-11-4-5-12-8)3-2-7(10)6-13-9/h8H,2-6H2,1H3. The van der Waals surface area contributed by atoms with Crippen molar-refractivity contribution in [2.75, 3.05) is 19.8 Å². The van der Waals surface area contributed by atoms with Crippen molar-refractivity contribution in [3.05, 3.63) is 0 Å². The van der Waals surface area contributed by atoms with Crippen molar-refractivity contribution in [1.82, 2.24) is 0 Å². The summed E-state index contributed by atoms with van der Waals surface area (Å²) in [7, 11) is 0. The maximum atomic E-state index is 11.0. The van der Waals surface area contributed by atoms with Crippen molar-refractivity contribution in [2.45, 2.75) is 31.7 Å². The van der Waals surface area contributed by atoms with E-state index in [-0.39, 0.29) is 18.7 Å². The lowest BCUT2D eigenvalue weighted by Crippen LogP contribution is -2.47. The van der Waals surface area contributed by atoms with Gasteiger partial charge in [0, 0.05) is 6.42 Å². The van der Waals surface area contributed by atoms with Crippen LogP contribution in [0.2, 0.25) is 0 Å². The van der Waals surface area contributed by atoms with E-state index in [2.05, 4.69) is 0 Å². The van der Waals surface area contributed by atoms with Gasteiger partial charge in [-0.15, -0.1) is 0 Å². The summed E-state index contributed by atoms with van der Waals surface area (Å²) >= 11 is 0. The van der Waals surface area contributed by atoms with E-state index in [1.54, 1.807) is 0 Å². The summed E-state index contributed by atoms with van der Waals surface area (Å²) in [6.07, 6.45) is 0.969. The summed E-state index contributed by atoms with van der Waals surface area (Å²) in [4.78, 5) is 11.0. The molecule has 2 rings (SSSR count). The molecule has 0 saturated carbocycles. The Morgan fingerprint density at radius 2 is 2.08 bits per heavy atom. The Hall–Kier alpha value is -0.450. The monoisotopic (exact) mass is 186 g/mol. The minimum atomic E-state index is -0.426. The maximum Gasteiger partial charge on any atom is 0.186 e. The molecule has 0 spiro atoms. The van der Waals surface area contributed by atoms with Crippen molar-refractivity contribution in [3.63, 3.8) is 0 Å². The fourth-order valence-corrected chi connectivity index (χ4v) is 1.67. The smallest absolute Gasteiger partial charge is 0.186 e. The Kier molecular flexibility index (Phi) is 2.36. The van der Waals surface area contributed by atoms with Crippen LogP contribution in [-0.2, 0) is 19.0 Å². The zero-order chi connectivity index (χ0) is 9.31. The first-order chi connectivity index (χ1) is 6.21. The highest BCUT2D eigenvalue weighted by molar-refractivity contribution is 5.80. The molecule has 0 aromatic carbocycles. The van der Waals surface area contributed by atoms with Crippen LogP contribution in [0.4, 0.5) is 0 Å². The molecule has 1 atom stereocenters. The molecule has 13 heavy (non-hydrogen) atoms. The predicted molar refractivity (Wildman–Crippen MR) is 44.3 cm³/mol. The van der Waals surface area contributed by atoms with Crippen LogP contribution in [0.15, 0.2) is 0 Å². The molecule has 0 radical (unpaired) electrons. The first-order valence-corrected chi connectivity index (χ1v) is 4.60. The Labute approximate surface area is 77.1 Å². The highest BCUT2D eigenvalue weighted by Gasteiger charge is 2.42. The lowest BCUT2D eigenvalue weighted by Gasteiger charge is -2.36. The third-order valence-corrected chi connectivity index (χ3v) is 2.58. The zero-order valence-electron chi connectivity index (χ0n) is 7.75. The normalized spacial score (nSPS) is 36.8. The van der Waals surface area contributed by atoms with Gasteiger partial charge in [0.2, 0.25) is 0 Å². The molecule has 4 heteroatoms. The van der Waals surface area contributed by atoms with E-state index in [9.17, 15) is 4.79 Å². The van der Waals surface area contributed by atoms with Crippen molar-refractivity contribution < 1.29 is 19.0 Å². The van der Waals surface area contributed by atoms with E-state index in [0.717, 1.165) is 0 Å². The lowest BCUT2D eigenvalue weighted by molar-refractivity contribution is -0.210. The van der Waals surface area contributed by atoms with Crippen molar-refractivity contribution in [2.24, 2.45) is 0 Å². The van der Waals surface area contributed by atoms with Gasteiger partial charge in [0.25, 0.3) is 0 Å². The molecule has 0 aromatic rings. The zero-order valence-corrected chi connectivity index (χ0v) is 7.75. The summed E-state index contributed by atoms with van der Waals surface area (Å²) in [6.45, 7) is 3.38. The van der Waals surface area contributed by atoms with E-state index in [4.69, 9.17) is 14.2 Å². The van der Waals surface area contributed by atoms with Gasteiger partial charge >= 0.3 is 0 Å². The van der Waals surface area contributed by atoms with Crippen LogP contribution in [0.1, 0.15) is 19.8 Å². The molecular weight excluding hydrogens is 172 g/mol. The van der Waals surface area contributed by atoms with Crippen LogP contribution in [0.3, 0.4) is 0 Å². The molecular formula is C9H14O4. The topological polar surface area (TPSA) is 44.8 Å². The Morgan fingerprint density at radius 1 is 1.38 bits per heavy atom. The number of rotatable bonds is 1. The van der Waals surface area contributed by atoms with Crippen molar-refractivity contribution in [1.29, 1.82) is 0 Å². The van der Waals surface area contributed by atoms with Crippen LogP contribution in [0, 0.1) is 0 Å². The second-order valence-electron chi connectivity index (χ2n) is 3.71. The molecule has 0 aromatic heterocycles. The van der Waals surface area contributed by atoms with Gasteiger partial charge in [-0.1, -0.05) is 0 Å². The third kappa shape index (κ3) is 1.75. The molecule has 2 fully saturated rings. The average molecular weight is 186 g/mol. The Bertz CT molecular complexity index is 198. The summed E-state index contributed by atoms with van der Waals surface area (Å²) in [5.74, 6) is 0.162. The van der Waals surface area contributed by atoms with E-state index < -0.39 is 5.60 Å². The fourth-order valence-electron chi connectivity index (χ4n) is 1.67. The van der Waals surface area contributed by atoms with Crippen LogP contribution >= 0.6 is 0 Å². The minimum Gasteiger partial charge on any atom is -0.362 e. The summed E-state index contributed by atoms with van der Waals surface area (Å²) < 4.78 is 16.2. The summed E-state index contributed by atoms with van der Waals surface area (Å²) in [5.41, 5.74) is -0.426. The lowest BCUT2D eigenvalue weighted by atomic mass is 9.95. The molecule has 2 aliphatic rings. The first kappa shape index (κ1) is 9.12. The van der Waals surface area contributed by atoms with Crippen LogP contribution in [0.5, 0.6) is 0 Å². The molecule has 0 amide bonds. The van der Waals surface area contributed by atoms with Gasteiger partial charge in [-0.05, 0) is 13.3 Å². The molecule has 2 aliphatic heterocycles. The van der Waals surface area contributed by atoms with Crippen LogP contribution in [-0.4, -0.2) is 37.5 Å². The van der Waals surface area contributed by atoms with Gasteiger partial charge in [0.1, 0.15) is 12.2 Å². The molecule has 0 N–H and O–H groups in total. The van der Waals surface area contributed by atoms with Gasteiger partial charge in [-0.2, -0.15) is 0 Å². The van der Waals surface area contributed by atoms with Gasteiger partial charge in [-0.25, -0.2) is 0 Å². The molecule has 0 bridgehead atoms. The number of ether oxygens (including phenoxy) is 3. The average Bonchev–Trinajstić information content (AvgIpc) is 2.63. The highest BCUT2D eigenvalue weighted by Crippen LogP contribution is 2.30. The second-order valence-corrected chi connectivity index (χ2v) is 3.71. The van der Waals surface area contributed by atoms with Gasteiger partial charge in [0.05, 0.1) is 13.2 Å². The van der Waals surface area contributed by atoms with Crippen molar-refractivity contribution in [3.8, 4) is 0 Å². The third-order valence-electron chi connectivity index (χ3n) is 2.58. The fraction of sp³-hybridized carbons (Fsp3) is 0.889. The van der Waals surface area contributed by atoms with Gasteiger partial charge in [-0.3, -0.25) is 4.79 Å². The Morgan fingerprint density at radius 3 is 2.62 bits per heavy atom. The van der Waals surface area contributed by atoms with Crippen molar-refractivity contribution >= 4 is 5.78 Å². The van der Waals surface area contributed by atoms with Gasteiger partial charge in [0.15, 0.2) is 12.1 Å². The molecule has 4 nitrogen and oxygen atoms in total. The Balaban J connectivity index is 1.98. The van der Waals surface area contributed by atoms with E-state index in [1.165, 1.54) is 0 Å². The second kappa shape index (κ2) is 3.36.